The van der Waals surface area contributed by atoms with Crippen molar-refractivity contribution in [2.75, 3.05) is 11.1 Å². The van der Waals surface area contributed by atoms with Crippen molar-refractivity contribution in [3.8, 4) is 5.69 Å². The minimum atomic E-state index is -0.908. The monoisotopic (exact) mass is 372 g/mol. The number of rotatable bonds is 4. The molecule has 0 radical (unpaired) electrons. The maximum absolute atomic E-state index is 14.1. The predicted molar refractivity (Wildman–Crippen MR) is 93.8 cm³/mol. The normalized spacial score (nSPS) is 14.8. The summed E-state index contributed by atoms with van der Waals surface area (Å²) in [5.74, 6) is -2.40. The molecule has 0 unspecified atom stereocenters. The lowest BCUT2D eigenvalue weighted by Gasteiger charge is -2.15. The van der Waals surface area contributed by atoms with Crippen LogP contribution in [-0.4, -0.2) is 15.7 Å². The zero-order valence-corrected chi connectivity index (χ0v) is 14.0. The van der Waals surface area contributed by atoms with Crippen molar-refractivity contribution in [1.29, 1.82) is 0 Å². The first kappa shape index (κ1) is 17.1. The number of aromatic nitrogens is 2. The standard InChI is InChI=1S/C19H15F3N4O/c20-13-4-2-1-3-12(13)19(6-7-19)18(27)24-16-5-8-26(25-16)11-9-14(21)17(23)15(22)10-11/h1-5,8-10H,6-7,23H2,(H,24,25,27). The number of amides is 1. The molecule has 138 valence electrons. The van der Waals surface area contributed by atoms with Crippen molar-refractivity contribution in [3.05, 3.63) is 71.7 Å². The lowest BCUT2D eigenvalue weighted by atomic mass is 9.94. The zero-order valence-electron chi connectivity index (χ0n) is 14.0. The average molecular weight is 372 g/mol. The molecule has 3 aromatic rings. The van der Waals surface area contributed by atoms with Gasteiger partial charge in [0.15, 0.2) is 17.5 Å². The van der Waals surface area contributed by atoms with E-state index in [4.69, 9.17) is 5.73 Å². The first-order chi connectivity index (χ1) is 12.9. The van der Waals surface area contributed by atoms with E-state index in [0.29, 0.717) is 18.4 Å². The number of nitrogens with zero attached hydrogens (tertiary/aromatic N) is 2. The number of carbonyl (C=O) groups is 1. The van der Waals surface area contributed by atoms with Crippen LogP contribution in [-0.2, 0) is 10.2 Å². The average Bonchev–Trinajstić information content (AvgIpc) is 3.32. The summed E-state index contributed by atoms with van der Waals surface area (Å²) in [6.07, 6.45) is 2.52. The molecule has 1 saturated carbocycles. The molecule has 0 spiro atoms. The molecule has 0 aliphatic heterocycles. The molecule has 5 nitrogen and oxygen atoms in total. The Morgan fingerprint density at radius 2 is 1.74 bits per heavy atom. The Hall–Kier alpha value is -3.29. The van der Waals surface area contributed by atoms with Crippen molar-refractivity contribution in [2.45, 2.75) is 18.3 Å². The van der Waals surface area contributed by atoms with E-state index in [9.17, 15) is 18.0 Å². The molecule has 0 bridgehead atoms. The van der Waals surface area contributed by atoms with E-state index in [1.807, 2.05) is 0 Å². The Balaban J connectivity index is 1.57. The maximum atomic E-state index is 14.1. The number of nitrogens with two attached hydrogens (primary N) is 1. The Kier molecular flexibility index (Phi) is 3.91. The predicted octanol–water partition coefficient (Wildman–Crippen LogP) is 3.54. The van der Waals surface area contributed by atoms with E-state index >= 15 is 0 Å². The molecule has 1 aliphatic rings. The van der Waals surface area contributed by atoms with Crippen LogP contribution in [0.3, 0.4) is 0 Å². The SMILES string of the molecule is Nc1c(F)cc(-n2ccc(NC(=O)C3(c4ccccc4F)CC3)n2)cc1F. The fourth-order valence-corrected chi connectivity index (χ4v) is 3.07. The van der Waals surface area contributed by atoms with Crippen LogP contribution in [0.25, 0.3) is 5.69 Å². The number of nitrogens with one attached hydrogen (secondary N) is 1. The number of nitrogen functional groups attached to an aromatic ring is 1. The van der Waals surface area contributed by atoms with Crippen LogP contribution in [0.1, 0.15) is 18.4 Å². The second-order valence-electron chi connectivity index (χ2n) is 6.48. The summed E-state index contributed by atoms with van der Waals surface area (Å²) in [5.41, 5.74) is 4.25. The molecule has 1 heterocycles. The topological polar surface area (TPSA) is 72.9 Å². The van der Waals surface area contributed by atoms with E-state index in [-0.39, 0.29) is 17.4 Å². The number of benzene rings is 2. The van der Waals surface area contributed by atoms with Crippen LogP contribution in [0.4, 0.5) is 24.7 Å². The summed E-state index contributed by atoms with van der Waals surface area (Å²) in [6.45, 7) is 0. The molecule has 0 atom stereocenters. The number of hydrogen-bond acceptors (Lipinski definition) is 3. The Labute approximate surface area is 152 Å². The summed E-state index contributed by atoms with van der Waals surface area (Å²) in [7, 11) is 0. The maximum Gasteiger partial charge on any atom is 0.236 e. The highest BCUT2D eigenvalue weighted by Crippen LogP contribution is 2.49. The number of halogens is 3. The van der Waals surface area contributed by atoms with E-state index in [2.05, 4.69) is 10.4 Å². The fraction of sp³-hybridized carbons (Fsp3) is 0.158. The summed E-state index contributed by atoms with van der Waals surface area (Å²) in [6, 6.07) is 9.74. The highest BCUT2D eigenvalue weighted by Gasteiger charge is 2.52. The molecule has 8 heteroatoms. The number of anilines is 2. The smallest absolute Gasteiger partial charge is 0.236 e. The highest BCUT2D eigenvalue weighted by molar-refractivity contribution is 6.00. The van der Waals surface area contributed by atoms with E-state index < -0.39 is 28.6 Å². The van der Waals surface area contributed by atoms with Gasteiger partial charge in [0.25, 0.3) is 0 Å². The van der Waals surface area contributed by atoms with Crippen molar-refractivity contribution in [1.82, 2.24) is 9.78 Å². The molecule has 1 aliphatic carbocycles. The molecule has 1 fully saturated rings. The lowest BCUT2D eigenvalue weighted by molar-refractivity contribution is -0.118. The van der Waals surface area contributed by atoms with Crippen molar-refractivity contribution < 1.29 is 18.0 Å². The zero-order chi connectivity index (χ0) is 19.2. The summed E-state index contributed by atoms with van der Waals surface area (Å²) < 4.78 is 42.5. The van der Waals surface area contributed by atoms with Gasteiger partial charge < -0.3 is 11.1 Å². The van der Waals surface area contributed by atoms with Gasteiger partial charge in [-0.15, -0.1) is 0 Å². The van der Waals surface area contributed by atoms with Crippen molar-refractivity contribution in [2.24, 2.45) is 0 Å². The molecule has 2 aromatic carbocycles. The second-order valence-corrected chi connectivity index (χ2v) is 6.48. The van der Waals surface area contributed by atoms with Gasteiger partial charge in [-0.3, -0.25) is 4.79 Å². The lowest BCUT2D eigenvalue weighted by Crippen LogP contribution is -2.29. The van der Waals surface area contributed by atoms with E-state index in [1.165, 1.54) is 23.0 Å². The Morgan fingerprint density at radius 3 is 2.37 bits per heavy atom. The van der Waals surface area contributed by atoms with Crippen LogP contribution >= 0.6 is 0 Å². The van der Waals surface area contributed by atoms with Gasteiger partial charge in [0.1, 0.15) is 11.5 Å². The number of carbonyl (C=O) groups excluding carboxylic acids is 1. The quantitative estimate of drug-likeness (QED) is 0.688. The molecule has 1 amide bonds. The molecular weight excluding hydrogens is 357 g/mol. The fourth-order valence-electron chi connectivity index (χ4n) is 3.07. The third-order valence-corrected chi connectivity index (χ3v) is 4.73. The molecule has 27 heavy (non-hydrogen) atoms. The summed E-state index contributed by atoms with van der Waals surface area (Å²) >= 11 is 0. The summed E-state index contributed by atoms with van der Waals surface area (Å²) in [5, 5.41) is 6.76. The third kappa shape index (κ3) is 2.92. The van der Waals surface area contributed by atoms with Crippen LogP contribution in [0.2, 0.25) is 0 Å². The van der Waals surface area contributed by atoms with Crippen LogP contribution in [0, 0.1) is 17.5 Å². The van der Waals surface area contributed by atoms with Crippen molar-refractivity contribution >= 4 is 17.4 Å². The van der Waals surface area contributed by atoms with Crippen LogP contribution in [0.5, 0.6) is 0 Å². The van der Waals surface area contributed by atoms with Gasteiger partial charge >= 0.3 is 0 Å². The molecule has 0 saturated heterocycles. The van der Waals surface area contributed by atoms with Crippen LogP contribution in [0.15, 0.2) is 48.7 Å². The van der Waals surface area contributed by atoms with Crippen molar-refractivity contribution in [3.63, 3.8) is 0 Å². The van der Waals surface area contributed by atoms with Crippen LogP contribution < -0.4 is 11.1 Å². The molecule has 3 N–H and O–H groups in total. The molecule has 4 rings (SSSR count). The largest absolute Gasteiger partial charge is 0.394 e. The first-order valence-corrected chi connectivity index (χ1v) is 8.28. The van der Waals surface area contributed by atoms with Gasteiger partial charge in [-0.1, -0.05) is 18.2 Å². The first-order valence-electron chi connectivity index (χ1n) is 8.28. The van der Waals surface area contributed by atoms with Gasteiger partial charge in [-0.2, -0.15) is 5.10 Å². The summed E-state index contributed by atoms with van der Waals surface area (Å²) in [4.78, 5) is 12.7. The highest BCUT2D eigenvalue weighted by atomic mass is 19.1. The molecule has 1 aromatic heterocycles. The Bertz CT molecular complexity index is 1020. The molecular formula is C19H15F3N4O. The minimum absolute atomic E-state index is 0.120. The van der Waals surface area contributed by atoms with Gasteiger partial charge in [0.2, 0.25) is 5.91 Å². The van der Waals surface area contributed by atoms with E-state index in [1.54, 1.807) is 18.2 Å². The van der Waals surface area contributed by atoms with Gasteiger partial charge in [-0.05, 0) is 18.9 Å². The van der Waals surface area contributed by atoms with E-state index in [0.717, 1.165) is 12.1 Å². The Morgan fingerprint density at radius 1 is 1.07 bits per heavy atom. The third-order valence-electron chi connectivity index (χ3n) is 4.73. The second kappa shape index (κ2) is 6.15. The van der Waals surface area contributed by atoms with Gasteiger partial charge in [0, 0.05) is 30.0 Å². The number of hydrogen-bond donors (Lipinski definition) is 2. The van der Waals surface area contributed by atoms with Gasteiger partial charge in [0.05, 0.1) is 11.1 Å². The minimum Gasteiger partial charge on any atom is -0.394 e. The van der Waals surface area contributed by atoms with Gasteiger partial charge in [-0.25, -0.2) is 17.9 Å².